The highest BCUT2D eigenvalue weighted by Gasteiger charge is 2.49. The van der Waals surface area contributed by atoms with Crippen LogP contribution in [0.25, 0.3) is 0 Å². The molecule has 1 saturated heterocycles. The van der Waals surface area contributed by atoms with Crippen LogP contribution >= 0.6 is 11.6 Å². The van der Waals surface area contributed by atoms with Crippen LogP contribution in [0, 0.1) is 0 Å². The van der Waals surface area contributed by atoms with E-state index in [0.29, 0.717) is 5.02 Å². The highest BCUT2D eigenvalue weighted by molar-refractivity contribution is 6.30. The van der Waals surface area contributed by atoms with Gasteiger partial charge in [0, 0.05) is 11.6 Å². The molecular formula is C16H20ClNO2. The Balaban J connectivity index is 1.91. The van der Waals surface area contributed by atoms with Crippen molar-refractivity contribution in [2.24, 2.45) is 0 Å². The number of hydrogen-bond acceptors (Lipinski definition) is 2. The SMILES string of the molecule is O=C(N1CCC[C@H]1CO)C1(c2cccc(Cl)c2)CCC1. The van der Waals surface area contributed by atoms with Crippen LogP contribution in [0.2, 0.25) is 5.02 Å². The quantitative estimate of drug-likeness (QED) is 0.931. The van der Waals surface area contributed by atoms with Gasteiger partial charge in [-0.05, 0) is 43.4 Å². The molecule has 3 rings (SSSR count). The van der Waals surface area contributed by atoms with Gasteiger partial charge in [0.1, 0.15) is 0 Å². The van der Waals surface area contributed by atoms with E-state index in [2.05, 4.69) is 0 Å². The summed E-state index contributed by atoms with van der Waals surface area (Å²) in [6.07, 6.45) is 4.76. The summed E-state index contributed by atoms with van der Waals surface area (Å²) in [4.78, 5) is 14.9. The molecule has 1 aliphatic carbocycles. The molecule has 0 bridgehead atoms. The Hall–Kier alpha value is -1.06. The molecule has 1 atom stereocenters. The Morgan fingerprint density at radius 2 is 2.20 bits per heavy atom. The normalized spacial score (nSPS) is 24.5. The molecule has 0 spiro atoms. The van der Waals surface area contributed by atoms with Gasteiger partial charge in [0.15, 0.2) is 0 Å². The topological polar surface area (TPSA) is 40.5 Å². The number of carbonyl (C=O) groups excluding carboxylic acids is 1. The van der Waals surface area contributed by atoms with Crippen LogP contribution in [0.15, 0.2) is 24.3 Å². The average Bonchev–Trinajstić information content (AvgIpc) is 2.85. The number of hydrogen-bond donors (Lipinski definition) is 1. The van der Waals surface area contributed by atoms with Gasteiger partial charge in [-0.15, -0.1) is 0 Å². The molecule has 2 fully saturated rings. The lowest BCUT2D eigenvalue weighted by Crippen LogP contribution is -2.53. The van der Waals surface area contributed by atoms with Crippen LogP contribution in [-0.4, -0.2) is 35.1 Å². The first-order valence-corrected chi connectivity index (χ1v) is 7.73. The average molecular weight is 294 g/mol. The van der Waals surface area contributed by atoms with E-state index in [4.69, 9.17) is 11.6 Å². The van der Waals surface area contributed by atoms with E-state index in [9.17, 15) is 9.90 Å². The Bertz CT molecular complexity index is 513. The lowest BCUT2D eigenvalue weighted by molar-refractivity contribution is -0.142. The Morgan fingerprint density at radius 3 is 2.80 bits per heavy atom. The summed E-state index contributed by atoms with van der Waals surface area (Å²) in [5.74, 6) is 0.183. The number of aliphatic hydroxyl groups excluding tert-OH is 1. The molecule has 1 aromatic carbocycles. The third kappa shape index (κ3) is 2.13. The lowest BCUT2D eigenvalue weighted by Gasteiger charge is -2.44. The van der Waals surface area contributed by atoms with E-state index < -0.39 is 5.41 Å². The predicted molar refractivity (Wildman–Crippen MR) is 78.8 cm³/mol. The van der Waals surface area contributed by atoms with Crippen molar-refractivity contribution < 1.29 is 9.90 Å². The number of carbonyl (C=O) groups is 1. The van der Waals surface area contributed by atoms with Gasteiger partial charge < -0.3 is 10.0 Å². The molecule has 2 aliphatic rings. The maximum absolute atomic E-state index is 13.0. The minimum atomic E-state index is -0.400. The predicted octanol–water partition coefficient (Wildman–Crippen LogP) is 2.75. The van der Waals surface area contributed by atoms with E-state index in [1.165, 1.54) is 0 Å². The monoisotopic (exact) mass is 293 g/mol. The Morgan fingerprint density at radius 1 is 1.40 bits per heavy atom. The van der Waals surface area contributed by atoms with Crippen molar-refractivity contribution in [2.75, 3.05) is 13.2 Å². The second-order valence-electron chi connectivity index (χ2n) is 5.92. The Kier molecular flexibility index (Phi) is 3.74. The largest absolute Gasteiger partial charge is 0.394 e. The maximum atomic E-state index is 13.0. The third-order valence-electron chi connectivity index (χ3n) is 4.84. The van der Waals surface area contributed by atoms with Crippen molar-refractivity contribution in [2.45, 2.75) is 43.6 Å². The van der Waals surface area contributed by atoms with E-state index in [1.807, 2.05) is 29.2 Å². The zero-order valence-electron chi connectivity index (χ0n) is 11.5. The van der Waals surface area contributed by atoms with Gasteiger partial charge in [0.05, 0.1) is 18.1 Å². The second kappa shape index (κ2) is 5.38. The summed E-state index contributed by atoms with van der Waals surface area (Å²) in [6, 6.07) is 7.68. The van der Waals surface area contributed by atoms with Crippen molar-refractivity contribution in [3.63, 3.8) is 0 Å². The molecule has 1 heterocycles. The minimum absolute atomic E-state index is 0.000779. The minimum Gasteiger partial charge on any atom is -0.394 e. The molecule has 1 amide bonds. The molecule has 0 radical (unpaired) electrons. The van der Waals surface area contributed by atoms with Crippen LogP contribution < -0.4 is 0 Å². The first kappa shape index (κ1) is 13.9. The second-order valence-corrected chi connectivity index (χ2v) is 6.36. The van der Waals surface area contributed by atoms with Gasteiger partial charge in [-0.1, -0.05) is 30.2 Å². The van der Waals surface area contributed by atoms with Gasteiger partial charge in [-0.3, -0.25) is 4.79 Å². The summed E-state index contributed by atoms with van der Waals surface area (Å²) < 4.78 is 0. The standard InChI is InChI=1S/C16H20ClNO2/c17-13-5-1-4-12(10-13)16(7-3-8-16)15(20)18-9-2-6-14(18)11-19/h1,4-5,10,14,19H,2-3,6-9,11H2/t14-/m0/s1. The molecule has 108 valence electrons. The van der Waals surface area contributed by atoms with Crippen molar-refractivity contribution in [3.05, 3.63) is 34.9 Å². The van der Waals surface area contributed by atoms with Crippen molar-refractivity contribution in [1.82, 2.24) is 4.90 Å². The van der Waals surface area contributed by atoms with E-state index >= 15 is 0 Å². The molecule has 3 nitrogen and oxygen atoms in total. The molecule has 1 aromatic rings. The van der Waals surface area contributed by atoms with Gasteiger partial charge >= 0.3 is 0 Å². The maximum Gasteiger partial charge on any atom is 0.233 e. The summed E-state index contributed by atoms with van der Waals surface area (Å²) >= 11 is 6.09. The lowest BCUT2D eigenvalue weighted by atomic mass is 9.63. The van der Waals surface area contributed by atoms with E-state index in [1.54, 1.807) is 0 Å². The van der Waals surface area contributed by atoms with Crippen LogP contribution in [0.4, 0.5) is 0 Å². The molecule has 1 aliphatic heterocycles. The summed E-state index contributed by atoms with van der Waals surface area (Å²) in [5, 5.41) is 10.1. The number of aliphatic hydroxyl groups is 1. The fourth-order valence-corrected chi connectivity index (χ4v) is 3.70. The van der Waals surface area contributed by atoms with Crippen LogP contribution in [0.5, 0.6) is 0 Å². The zero-order valence-corrected chi connectivity index (χ0v) is 12.3. The van der Waals surface area contributed by atoms with Crippen LogP contribution in [-0.2, 0) is 10.2 Å². The Labute approximate surface area is 124 Å². The summed E-state index contributed by atoms with van der Waals surface area (Å²) in [5.41, 5.74) is 0.632. The van der Waals surface area contributed by atoms with Crippen LogP contribution in [0.3, 0.4) is 0 Å². The van der Waals surface area contributed by atoms with Gasteiger partial charge in [-0.2, -0.15) is 0 Å². The molecule has 0 unspecified atom stereocenters. The molecule has 20 heavy (non-hydrogen) atoms. The smallest absolute Gasteiger partial charge is 0.233 e. The van der Waals surface area contributed by atoms with E-state index in [-0.39, 0.29) is 18.6 Å². The number of rotatable bonds is 3. The number of benzene rings is 1. The first-order chi connectivity index (χ1) is 9.67. The highest BCUT2D eigenvalue weighted by atomic mass is 35.5. The molecule has 4 heteroatoms. The highest BCUT2D eigenvalue weighted by Crippen LogP contribution is 2.46. The zero-order chi connectivity index (χ0) is 14.2. The first-order valence-electron chi connectivity index (χ1n) is 7.35. The van der Waals surface area contributed by atoms with Crippen molar-refractivity contribution in [1.29, 1.82) is 0 Å². The fourth-order valence-electron chi connectivity index (χ4n) is 3.51. The molecule has 1 saturated carbocycles. The van der Waals surface area contributed by atoms with Crippen LogP contribution in [0.1, 0.15) is 37.7 Å². The number of nitrogens with zero attached hydrogens (tertiary/aromatic N) is 1. The van der Waals surface area contributed by atoms with Gasteiger partial charge in [-0.25, -0.2) is 0 Å². The van der Waals surface area contributed by atoms with Gasteiger partial charge in [0.2, 0.25) is 5.91 Å². The number of likely N-dealkylation sites (tertiary alicyclic amines) is 1. The van der Waals surface area contributed by atoms with Crippen molar-refractivity contribution >= 4 is 17.5 Å². The van der Waals surface area contributed by atoms with Gasteiger partial charge in [0.25, 0.3) is 0 Å². The molecular weight excluding hydrogens is 274 g/mol. The molecule has 0 aromatic heterocycles. The number of halogens is 1. The summed E-state index contributed by atoms with van der Waals surface area (Å²) in [6.45, 7) is 0.837. The fraction of sp³-hybridized carbons (Fsp3) is 0.562. The van der Waals surface area contributed by atoms with Crippen molar-refractivity contribution in [3.8, 4) is 0 Å². The number of amides is 1. The molecule has 1 N–H and O–H groups in total. The summed E-state index contributed by atoms with van der Waals surface area (Å²) in [7, 11) is 0. The third-order valence-corrected chi connectivity index (χ3v) is 5.08. The van der Waals surface area contributed by atoms with E-state index in [0.717, 1.165) is 44.2 Å².